The summed E-state index contributed by atoms with van der Waals surface area (Å²) in [5, 5.41) is 15.8. The Morgan fingerprint density at radius 2 is 2.39 bits per heavy atom. The minimum Gasteiger partial charge on any atom is -0.495 e. The molecule has 18 heavy (non-hydrogen) atoms. The Kier molecular flexibility index (Phi) is 3.37. The van der Waals surface area contributed by atoms with E-state index in [4.69, 9.17) is 10.5 Å². The number of anilines is 1. The fraction of sp³-hybridized carbons (Fsp3) is 0.200. The second-order valence-electron chi connectivity index (χ2n) is 3.47. The first-order chi connectivity index (χ1) is 8.70. The molecule has 0 aliphatic carbocycles. The van der Waals surface area contributed by atoms with Gasteiger partial charge in [-0.25, -0.2) is 0 Å². The van der Waals surface area contributed by atoms with Gasteiger partial charge in [-0.2, -0.15) is 5.21 Å². The Hall–Kier alpha value is -2.64. The number of benzene rings is 1. The highest BCUT2D eigenvalue weighted by atomic mass is 16.5. The maximum atomic E-state index is 11.8. The fourth-order valence-electron chi connectivity index (χ4n) is 1.37. The molecule has 0 fully saturated rings. The number of rotatable bonds is 4. The molecule has 1 amide bonds. The van der Waals surface area contributed by atoms with Crippen LogP contribution in [0.3, 0.4) is 0 Å². The third kappa shape index (κ3) is 2.54. The van der Waals surface area contributed by atoms with Crippen molar-refractivity contribution in [2.75, 3.05) is 12.8 Å². The van der Waals surface area contributed by atoms with Gasteiger partial charge in [-0.3, -0.25) is 4.79 Å². The van der Waals surface area contributed by atoms with Crippen LogP contribution in [0.2, 0.25) is 0 Å². The van der Waals surface area contributed by atoms with Crippen molar-refractivity contribution in [2.45, 2.75) is 6.54 Å². The second kappa shape index (κ2) is 5.13. The van der Waals surface area contributed by atoms with E-state index in [0.717, 1.165) is 0 Å². The molecule has 8 heteroatoms. The lowest BCUT2D eigenvalue weighted by molar-refractivity contribution is 0.0949. The van der Waals surface area contributed by atoms with E-state index in [1.54, 1.807) is 18.2 Å². The van der Waals surface area contributed by atoms with Gasteiger partial charge in [-0.15, -0.1) is 10.2 Å². The summed E-state index contributed by atoms with van der Waals surface area (Å²) in [7, 11) is 1.49. The van der Waals surface area contributed by atoms with E-state index in [0.29, 0.717) is 22.8 Å². The maximum Gasteiger partial charge on any atom is 0.251 e. The van der Waals surface area contributed by atoms with Crippen LogP contribution >= 0.6 is 0 Å². The first-order valence-corrected chi connectivity index (χ1v) is 5.14. The van der Waals surface area contributed by atoms with E-state index in [-0.39, 0.29) is 12.5 Å². The fourth-order valence-corrected chi connectivity index (χ4v) is 1.37. The first kappa shape index (κ1) is 11.8. The standard InChI is InChI=1S/C10H12N6O2/c1-18-8-4-6(2-3-7(8)11)10(17)12-5-9-13-15-16-14-9/h2-4H,5,11H2,1H3,(H,12,17)(H,13,14,15,16). The number of aromatic amines is 1. The highest BCUT2D eigenvalue weighted by Crippen LogP contribution is 2.21. The van der Waals surface area contributed by atoms with E-state index in [2.05, 4.69) is 25.9 Å². The van der Waals surface area contributed by atoms with Crippen LogP contribution in [0, 0.1) is 0 Å². The largest absolute Gasteiger partial charge is 0.495 e. The molecule has 2 aromatic rings. The van der Waals surface area contributed by atoms with Gasteiger partial charge in [-0.1, -0.05) is 5.21 Å². The van der Waals surface area contributed by atoms with Crippen molar-refractivity contribution in [1.29, 1.82) is 0 Å². The maximum absolute atomic E-state index is 11.8. The average molecular weight is 248 g/mol. The lowest BCUT2D eigenvalue weighted by Gasteiger charge is -2.07. The van der Waals surface area contributed by atoms with Crippen LogP contribution < -0.4 is 15.8 Å². The van der Waals surface area contributed by atoms with E-state index in [1.165, 1.54) is 7.11 Å². The van der Waals surface area contributed by atoms with Gasteiger partial charge in [0.05, 0.1) is 19.3 Å². The molecule has 0 radical (unpaired) electrons. The number of H-pyrrole nitrogens is 1. The molecule has 0 atom stereocenters. The smallest absolute Gasteiger partial charge is 0.251 e. The lowest BCUT2D eigenvalue weighted by Crippen LogP contribution is -2.23. The molecule has 1 heterocycles. The Bertz CT molecular complexity index is 539. The van der Waals surface area contributed by atoms with Gasteiger partial charge >= 0.3 is 0 Å². The van der Waals surface area contributed by atoms with Crippen molar-refractivity contribution in [3.8, 4) is 5.75 Å². The van der Waals surface area contributed by atoms with Crippen molar-refractivity contribution in [2.24, 2.45) is 0 Å². The minimum atomic E-state index is -0.266. The number of amides is 1. The summed E-state index contributed by atoms with van der Waals surface area (Å²) >= 11 is 0. The number of carbonyl (C=O) groups is 1. The lowest BCUT2D eigenvalue weighted by atomic mass is 10.2. The van der Waals surface area contributed by atoms with Gasteiger partial charge < -0.3 is 15.8 Å². The molecule has 0 aliphatic rings. The molecule has 94 valence electrons. The van der Waals surface area contributed by atoms with Crippen LogP contribution in [0.25, 0.3) is 0 Å². The van der Waals surface area contributed by atoms with Crippen molar-refractivity contribution in [1.82, 2.24) is 25.9 Å². The highest BCUT2D eigenvalue weighted by molar-refractivity contribution is 5.95. The Morgan fingerprint density at radius 3 is 3.06 bits per heavy atom. The molecule has 0 unspecified atom stereocenters. The summed E-state index contributed by atoms with van der Waals surface area (Å²) in [5.41, 5.74) is 6.59. The van der Waals surface area contributed by atoms with Gasteiger partial charge in [0.1, 0.15) is 5.75 Å². The Labute approximate surface area is 103 Å². The van der Waals surface area contributed by atoms with Crippen LogP contribution in [0.1, 0.15) is 16.2 Å². The summed E-state index contributed by atoms with van der Waals surface area (Å²) in [6.07, 6.45) is 0. The van der Waals surface area contributed by atoms with Crippen LogP contribution in [0.15, 0.2) is 18.2 Å². The van der Waals surface area contributed by atoms with Gasteiger partial charge in [-0.05, 0) is 18.2 Å². The molecular formula is C10H12N6O2. The molecule has 0 aliphatic heterocycles. The van der Waals surface area contributed by atoms with Crippen LogP contribution in [-0.2, 0) is 6.54 Å². The van der Waals surface area contributed by atoms with Crippen molar-refractivity contribution >= 4 is 11.6 Å². The third-order valence-corrected chi connectivity index (χ3v) is 2.29. The molecule has 0 spiro atoms. The number of aromatic nitrogens is 4. The topological polar surface area (TPSA) is 119 Å². The van der Waals surface area contributed by atoms with Gasteiger partial charge in [0.15, 0.2) is 5.82 Å². The molecular weight excluding hydrogens is 236 g/mol. The van der Waals surface area contributed by atoms with E-state index < -0.39 is 0 Å². The molecule has 0 bridgehead atoms. The summed E-state index contributed by atoms with van der Waals surface area (Å²) in [4.78, 5) is 11.8. The number of hydrogen-bond donors (Lipinski definition) is 3. The SMILES string of the molecule is COc1cc(C(=O)NCc2nn[nH]n2)ccc1N. The van der Waals surface area contributed by atoms with E-state index in [1.807, 2.05) is 0 Å². The number of tetrazole rings is 1. The number of nitrogens with zero attached hydrogens (tertiary/aromatic N) is 3. The van der Waals surface area contributed by atoms with Gasteiger partial charge in [0.25, 0.3) is 5.91 Å². The first-order valence-electron chi connectivity index (χ1n) is 5.14. The number of nitrogens with two attached hydrogens (primary N) is 1. The predicted octanol–water partition coefficient (Wildman–Crippen LogP) is -0.280. The zero-order chi connectivity index (χ0) is 13.0. The normalized spacial score (nSPS) is 10.1. The average Bonchev–Trinajstić information content (AvgIpc) is 2.89. The third-order valence-electron chi connectivity index (χ3n) is 2.29. The summed E-state index contributed by atoms with van der Waals surface area (Å²) < 4.78 is 5.04. The number of hydrogen-bond acceptors (Lipinski definition) is 6. The van der Waals surface area contributed by atoms with Crippen molar-refractivity contribution in [3.63, 3.8) is 0 Å². The van der Waals surface area contributed by atoms with Crippen LogP contribution in [0.5, 0.6) is 5.75 Å². The van der Waals surface area contributed by atoms with Crippen LogP contribution in [-0.4, -0.2) is 33.6 Å². The molecule has 0 saturated heterocycles. The summed E-state index contributed by atoms with van der Waals surface area (Å²) in [5.74, 6) is 0.603. The van der Waals surface area contributed by atoms with Crippen molar-refractivity contribution < 1.29 is 9.53 Å². The molecule has 8 nitrogen and oxygen atoms in total. The van der Waals surface area contributed by atoms with Gasteiger partial charge in [0.2, 0.25) is 0 Å². The number of ether oxygens (including phenoxy) is 1. The Balaban J connectivity index is 2.04. The van der Waals surface area contributed by atoms with E-state index >= 15 is 0 Å². The molecule has 0 saturated carbocycles. The minimum absolute atomic E-state index is 0.196. The van der Waals surface area contributed by atoms with Crippen LogP contribution in [0.4, 0.5) is 5.69 Å². The molecule has 4 N–H and O–H groups in total. The predicted molar refractivity (Wildman–Crippen MR) is 62.8 cm³/mol. The summed E-state index contributed by atoms with van der Waals surface area (Å²) in [6.45, 7) is 0.196. The number of carbonyl (C=O) groups excluding carboxylic acids is 1. The van der Waals surface area contributed by atoms with E-state index in [9.17, 15) is 4.79 Å². The van der Waals surface area contributed by atoms with Crippen molar-refractivity contribution in [3.05, 3.63) is 29.6 Å². The van der Waals surface area contributed by atoms with Gasteiger partial charge in [0, 0.05) is 5.56 Å². The molecule has 1 aromatic heterocycles. The monoisotopic (exact) mass is 248 g/mol. The summed E-state index contributed by atoms with van der Waals surface area (Å²) in [6, 6.07) is 4.80. The number of nitrogens with one attached hydrogen (secondary N) is 2. The molecule has 2 rings (SSSR count). The highest BCUT2D eigenvalue weighted by Gasteiger charge is 2.09. The second-order valence-corrected chi connectivity index (χ2v) is 3.47. The zero-order valence-corrected chi connectivity index (χ0v) is 9.67. The zero-order valence-electron chi connectivity index (χ0n) is 9.67. The Morgan fingerprint density at radius 1 is 1.56 bits per heavy atom. The number of methoxy groups -OCH3 is 1. The quantitative estimate of drug-likeness (QED) is 0.640. The number of nitrogen functional groups attached to an aromatic ring is 1. The molecule has 1 aromatic carbocycles.